The van der Waals surface area contributed by atoms with Gasteiger partial charge in [0.2, 0.25) is 40.7 Å². The molecule has 0 aromatic heterocycles. The van der Waals surface area contributed by atoms with Gasteiger partial charge in [-0.25, -0.2) is 22.8 Å². The van der Waals surface area contributed by atoms with Gasteiger partial charge >= 0.3 is 41.9 Å². The van der Waals surface area contributed by atoms with Crippen LogP contribution in [0.1, 0.15) is 65.5 Å². The summed E-state index contributed by atoms with van der Waals surface area (Å²) in [6.07, 6.45) is -18.3. The van der Waals surface area contributed by atoms with Crippen molar-refractivity contribution in [3.05, 3.63) is 99.2 Å². The van der Waals surface area contributed by atoms with Crippen LogP contribution < -0.4 is 15.4 Å². The zero-order valence-electron chi connectivity index (χ0n) is 42.2. The van der Waals surface area contributed by atoms with E-state index < -0.39 is 182 Å². The maximum absolute atomic E-state index is 15.0. The van der Waals surface area contributed by atoms with Crippen LogP contribution in [0.5, 0.6) is 5.75 Å². The van der Waals surface area contributed by atoms with E-state index in [2.05, 4.69) is 20.7 Å². The number of nitrogens with one attached hydrogen (secondary N) is 2. The summed E-state index contributed by atoms with van der Waals surface area (Å²) in [6, 6.07) is 8.11. The number of hydrogen-bond acceptors (Lipinski definition) is 20. The van der Waals surface area contributed by atoms with E-state index in [9.17, 15) is 57.1 Å². The highest BCUT2D eigenvalue weighted by molar-refractivity contribution is 5.84. The summed E-state index contributed by atoms with van der Waals surface area (Å²) in [6.45, 7) is 4.81. The molecule has 12 atom stereocenters. The molecule has 0 bridgehead atoms. The van der Waals surface area contributed by atoms with Crippen molar-refractivity contribution < 1.29 is 112 Å². The molecular weight excluding hydrogens is 1060 g/mol. The molecule has 24 nitrogen and oxygen atoms in total. The Hall–Kier alpha value is -7.98. The number of azide groups is 1. The minimum absolute atomic E-state index is 0.405. The molecule has 1 aliphatic carbocycles. The second-order valence-corrected chi connectivity index (χ2v) is 17.5. The standard InChI is InChI=1S/C49H50F5N5O19/c1-19(38(46(66)77-43-36(53)34(51)33(50)35(52)37(43)54)57-49(67)70-16-30-28-14-10-8-12-26(28)27-13-9-11-15-29(27)30)71-48-40(58-59-55)45(42(73-24(6)64)32(76-48)18-69-22(4)62)78-47-39(56-20(2)60)44(74-25(7)65)41(72-23(5)63)31(75-47)17-68-21(3)61/h8-15,19,30-32,38-42,44-45,47-48H,16-18H2,1-7H3,(H,56,60)(H,57,67)/t19-,31-,32-,38+,39-,40-,41-,42+,44-,45-,47+,48+/m1/s1. The first kappa shape index (κ1) is 59.3. The van der Waals surface area contributed by atoms with Gasteiger partial charge in [-0.15, -0.1) is 0 Å². The van der Waals surface area contributed by atoms with Crippen LogP contribution in [-0.4, -0.2) is 141 Å². The van der Waals surface area contributed by atoms with Gasteiger partial charge in [0, 0.05) is 52.4 Å². The number of benzene rings is 3. The third-order valence-electron chi connectivity index (χ3n) is 12.0. The Balaban J connectivity index is 1.41. The summed E-state index contributed by atoms with van der Waals surface area (Å²) < 4.78 is 135. The Morgan fingerprint density at radius 1 is 0.628 bits per heavy atom. The van der Waals surface area contributed by atoms with Gasteiger partial charge in [0.05, 0.1) is 6.10 Å². The average molecular weight is 1110 g/mol. The Kier molecular flexibility index (Phi) is 19.7. The van der Waals surface area contributed by atoms with Crippen LogP contribution in [0.15, 0.2) is 53.6 Å². The van der Waals surface area contributed by atoms with Gasteiger partial charge in [0.1, 0.15) is 50.2 Å². The Morgan fingerprint density at radius 3 is 1.59 bits per heavy atom. The number of hydrogen-bond donors (Lipinski definition) is 2. The highest BCUT2D eigenvalue weighted by Crippen LogP contribution is 2.45. The van der Waals surface area contributed by atoms with E-state index in [1.54, 1.807) is 36.4 Å². The summed E-state index contributed by atoms with van der Waals surface area (Å²) in [5.74, 6) is -23.2. The zero-order valence-corrected chi connectivity index (χ0v) is 42.2. The molecule has 2 N–H and O–H groups in total. The number of esters is 6. The van der Waals surface area contributed by atoms with E-state index in [-0.39, 0.29) is 0 Å². The number of ether oxygens (including phenoxy) is 11. The van der Waals surface area contributed by atoms with Crippen molar-refractivity contribution in [2.75, 3.05) is 19.8 Å². The van der Waals surface area contributed by atoms with Crippen molar-refractivity contribution in [1.82, 2.24) is 10.6 Å². The number of rotatable bonds is 19. The molecule has 0 saturated carbocycles. The SMILES string of the molecule is CC(=O)N[C@H]1[C@H](O[C@@H]2[C@@H](N=[N+]=[N-])[C@@H](O[C@H](C)[C@H](NC(=O)OCC3c4ccccc4-c4ccccc43)C(=O)Oc3c(F)c(F)c(F)c(F)c3F)O[C@H](COC(C)=O)[C@@H]2OC(C)=O)O[C@H](COC(C)=O)[C@@H](OC(C)=O)[C@@H]1OC(C)=O. The molecule has 420 valence electrons. The molecule has 3 aliphatic rings. The number of carbonyl (C=O) groups is 8. The fourth-order valence-electron chi connectivity index (χ4n) is 8.83. The number of carbonyl (C=O) groups excluding carboxylic acids is 8. The molecule has 2 heterocycles. The van der Waals surface area contributed by atoms with Crippen molar-refractivity contribution in [2.24, 2.45) is 5.11 Å². The smallest absolute Gasteiger partial charge is 0.407 e. The molecule has 78 heavy (non-hydrogen) atoms. The van der Waals surface area contributed by atoms with Gasteiger partial charge < -0.3 is 62.7 Å². The summed E-state index contributed by atoms with van der Waals surface area (Å²) >= 11 is 0. The number of amides is 2. The van der Waals surface area contributed by atoms with Gasteiger partial charge in [0.15, 0.2) is 36.9 Å². The van der Waals surface area contributed by atoms with Crippen LogP contribution in [0, 0.1) is 29.1 Å². The highest BCUT2D eigenvalue weighted by atomic mass is 19.2. The van der Waals surface area contributed by atoms with Crippen LogP contribution >= 0.6 is 0 Å². The van der Waals surface area contributed by atoms with Gasteiger partial charge in [0.25, 0.3) is 0 Å². The lowest BCUT2D eigenvalue weighted by atomic mass is 9.94. The van der Waals surface area contributed by atoms with E-state index in [1.165, 1.54) is 0 Å². The van der Waals surface area contributed by atoms with Gasteiger partial charge in [-0.1, -0.05) is 53.6 Å². The fourth-order valence-corrected chi connectivity index (χ4v) is 8.83. The van der Waals surface area contributed by atoms with E-state index in [4.69, 9.17) is 52.1 Å². The largest absolute Gasteiger partial charge is 0.463 e. The van der Waals surface area contributed by atoms with Gasteiger partial charge in [-0.2, -0.15) is 8.78 Å². The molecule has 2 saturated heterocycles. The molecule has 6 rings (SSSR count). The summed E-state index contributed by atoms with van der Waals surface area (Å²) in [4.78, 5) is 106. The summed E-state index contributed by atoms with van der Waals surface area (Å²) in [5.41, 5.74) is 13.1. The maximum Gasteiger partial charge on any atom is 0.407 e. The molecule has 2 aliphatic heterocycles. The van der Waals surface area contributed by atoms with Crippen LogP contribution in [0.25, 0.3) is 21.6 Å². The molecule has 3 aromatic rings. The molecule has 0 unspecified atom stereocenters. The fraction of sp³-hybridized carbons (Fsp3) is 0.469. The number of halogens is 5. The lowest BCUT2D eigenvalue weighted by Gasteiger charge is -2.49. The molecule has 0 spiro atoms. The van der Waals surface area contributed by atoms with Crippen LogP contribution in [0.4, 0.5) is 26.7 Å². The first-order chi connectivity index (χ1) is 36.9. The lowest BCUT2D eigenvalue weighted by Crippen LogP contribution is -2.69. The monoisotopic (exact) mass is 1110 g/mol. The second-order valence-electron chi connectivity index (χ2n) is 17.5. The summed E-state index contributed by atoms with van der Waals surface area (Å²) in [7, 11) is 0. The third kappa shape index (κ3) is 13.9. The highest BCUT2D eigenvalue weighted by Gasteiger charge is 2.56. The van der Waals surface area contributed by atoms with Crippen molar-refractivity contribution in [3.8, 4) is 16.9 Å². The zero-order chi connectivity index (χ0) is 57.3. The van der Waals surface area contributed by atoms with E-state index in [0.717, 1.165) is 70.7 Å². The molecule has 29 heteroatoms. The van der Waals surface area contributed by atoms with Gasteiger partial charge in [-0.3, -0.25) is 28.8 Å². The Bertz CT molecular complexity index is 2780. The number of alkyl carbamates (subject to hydrolysis) is 1. The topological polar surface area (TPSA) is 311 Å². The number of fused-ring (bicyclic) bond motifs is 3. The van der Waals surface area contributed by atoms with Crippen molar-refractivity contribution in [3.63, 3.8) is 0 Å². The molecule has 2 amide bonds. The predicted molar refractivity (Wildman–Crippen MR) is 247 cm³/mol. The van der Waals surface area contributed by atoms with E-state index in [1.807, 2.05) is 12.1 Å². The first-order valence-electron chi connectivity index (χ1n) is 23.5. The summed E-state index contributed by atoms with van der Waals surface area (Å²) in [5, 5.41) is 8.28. The molecule has 3 aromatic carbocycles. The van der Waals surface area contributed by atoms with Crippen LogP contribution in [0.2, 0.25) is 0 Å². The maximum atomic E-state index is 15.0. The second kappa shape index (κ2) is 25.9. The third-order valence-corrected chi connectivity index (χ3v) is 12.0. The van der Waals surface area contributed by atoms with E-state index >= 15 is 8.78 Å². The molecular formula is C49H50F5N5O19. The van der Waals surface area contributed by atoms with Crippen LogP contribution in [-0.2, 0) is 80.9 Å². The van der Waals surface area contributed by atoms with Gasteiger partial charge in [-0.05, 0) is 34.7 Å². The normalized spacial score (nSPS) is 24.1. The van der Waals surface area contributed by atoms with Crippen molar-refractivity contribution in [2.45, 2.75) is 128 Å². The Morgan fingerprint density at radius 2 is 1.10 bits per heavy atom. The quantitative estimate of drug-likeness (QED) is 0.0192. The van der Waals surface area contributed by atoms with Crippen molar-refractivity contribution in [1.29, 1.82) is 0 Å². The molecule has 2 fully saturated rings. The van der Waals surface area contributed by atoms with Crippen molar-refractivity contribution >= 4 is 47.8 Å². The van der Waals surface area contributed by atoms with Crippen LogP contribution in [0.3, 0.4) is 0 Å². The minimum Gasteiger partial charge on any atom is -0.463 e. The van der Waals surface area contributed by atoms with E-state index in [0.29, 0.717) is 0 Å². The lowest BCUT2D eigenvalue weighted by molar-refractivity contribution is -0.332. The predicted octanol–water partition coefficient (Wildman–Crippen LogP) is 4.54. The minimum atomic E-state index is -2.60. The molecule has 0 radical (unpaired) electrons. The average Bonchev–Trinajstić information content (AvgIpc) is 3.72. The first-order valence-corrected chi connectivity index (χ1v) is 23.5. The number of nitrogens with zero attached hydrogens (tertiary/aromatic N) is 3. The Labute approximate surface area is 438 Å².